The van der Waals surface area contributed by atoms with Crippen LogP contribution in [0.3, 0.4) is 0 Å². The molecule has 2 atom stereocenters. The van der Waals surface area contributed by atoms with Crippen LogP contribution in [0.4, 0.5) is 4.39 Å². The first-order valence-corrected chi connectivity index (χ1v) is 11.2. The molecule has 166 valence electrons. The van der Waals surface area contributed by atoms with Crippen molar-refractivity contribution in [1.29, 1.82) is 0 Å². The molecule has 32 heavy (non-hydrogen) atoms. The lowest BCUT2D eigenvalue weighted by molar-refractivity contribution is -0.127. The number of ether oxygens (including phenoxy) is 1. The molecular formula is C27H29FN2O2. The van der Waals surface area contributed by atoms with Crippen molar-refractivity contribution in [1.82, 2.24) is 10.2 Å². The summed E-state index contributed by atoms with van der Waals surface area (Å²) < 4.78 is 20.4. The third kappa shape index (κ3) is 4.83. The monoisotopic (exact) mass is 432 g/mol. The van der Waals surface area contributed by atoms with Gasteiger partial charge in [0.05, 0.1) is 6.04 Å². The number of fused-ring (bicyclic) bond motifs is 1. The van der Waals surface area contributed by atoms with Gasteiger partial charge in [0.1, 0.15) is 11.6 Å². The van der Waals surface area contributed by atoms with Crippen molar-refractivity contribution in [3.05, 3.63) is 101 Å². The minimum absolute atomic E-state index is 0.0251. The normalized spacial score (nSPS) is 16.8. The number of amides is 1. The van der Waals surface area contributed by atoms with E-state index in [2.05, 4.69) is 28.4 Å². The molecule has 4 rings (SSSR count). The number of nitrogens with one attached hydrogen (secondary N) is 1. The maximum absolute atomic E-state index is 14.4. The summed E-state index contributed by atoms with van der Waals surface area (Å²) in [6.45, 7) is 5.56. The van der Waals surface area contributed by atoms with Gasteiger partial charge in [-0.3, -0.25) is 9.69 Å². The van der Waals surface area contributed by atoms with Crippen LogP contribution in [0.2, 0.25) is 0 Å². The van der Waals surface area contributed by atoms with Gasteiger partial charge >= 0.3 is 0 Å². The predicted octanol–water partition coefficient (Wildman–Crippen LogP) is 4.88. The lowest BCUT2D eigenvalue weighted by Crippen LogP contribution is -2.37. The Balaban J connectivity index is 1.68. The molecule has 0 saturated heterocycles. The molecule has 3 aromatic carbocycles. The van der Waals surface area contributed by atoms with Crippen molar-refractivity contribution in [3.8, 4) is 5.75 Å². The third-order valence-electron chi connectivity index (χ3n) is 5.93. The molecule has 1 amide bonds. The second-order valence-corrected chi connectivity index (χ2v) is 8.14. The zero-order chi connectivity index (χ0) is 22.5. The average molecular weight is 433 g/mol. The zero-order valence-electron chi connectivity index (χ0n) is 18.6. The van der Waals surface area contributed by atoms with Crippen LogP contribution in [0.15, 0.2) is 72.8 Å². The van der Waals surface area contributed by atoms with Gasteiger partial charge in [0.2, 0.25) is 0 Å². The van der Waals surface area contributed by atoms with E-state index in [-0.39, 0.29) is 17.8 Å². The summed E-state index contributed by atoms with van der Waals surface area (Å²) in [5.74, 6) is 0.347. The predicted molar refractivity (Wildman–Crippen MR) is 124 cm³/mol. The first-order valence-electron chi connectivity index (χ1n) is 11.2. The fraction of sp³-hybridized carbons (Fsp3) is 0.296. The maximum atomic E-state index is 14.4. The molecule has 4 nitrogen and oxygen atoms in total. The van der Waals surface area contributed by atoms with E-state index >= 15 is 0 Å². The second-order valence-electron chi connectivity index (χ2n) is 8.14. The number of nitrogens with zero attached hydrogens (tertiary/aromatic N) is 1. The van der Waals surface area contributed by atoms with Gasteiger partial charge in [0, 0.05) is 25.2 Å². The number of benzene rings is 3. The van der Waals surface area contributed by atoms with E-state index in [0.717, 1.165) is 24.1 Å². The topological polar surface area (TPSA) is 41.6 Å². The van der Waals surface area contributed by atoms with E-state index in [1.165, 1.54) is 11.6 Å². The van der Waals surface area contributed by atoms with Gasteiger partial charge < -0.3 is 10.1 Å². The minimum atomic E-state index is -0.582. The van der Waals surface area contributed by atoms with Gasteiger partial charge in [-0.15, -0.1) is 0 Å². The summed E-state index contributed by atoms with van der Waals surface area (Å²) in [5.41, 5.74) is 4.23. The number of rotatable bonds is 7. The molecule has 0 aliphatic carbocycles. The van der Waals surface area contributed by atoms with E-state index in [0.29, 0.717) is 24.4 Å². The number of likely N-dealkylation sites (N-methyl/N-ethyl adjacent to an activating group) is 1. The first kappa shape index (κ1) is 22.0. The molecule has 0 spiro atoms. The van der Waals surface area contributed by atoms with Crippen LogP contribution in [0, 0.1) is 5.82 Å². The number of carbonyl (C=O) groups is 1. The standard InChI is InChI=1S/C27H29FN2O2/c1-3-29-27(31)19(2)32-23-14-13-20-15-16-30(18-22-11-7-8-12-25(22)28)26(24(20)17-23)21-9-5-4-6-10-21/h4-14,17,19,26H,3,15-16,18H2,1-2H3,(H,29,31). The van der Waals surface area contributed by atoms with Crippen LogP contribution >= 0.6 is 0 Å². The molecule has 1 aliphatic rings. The molecule has 0 saturated carbocycles. The van der Waals surface area contributed by atoms with Gasteiger partial charge in [-0.2, -0.15) is 0 Å². The van der Waals surface area contributed by atoms with E-state index in [9.17, 15) is 9.18 Å². The number of hydrogen-bond acceptors (Lipinski definition) is 3. The fourth-order valence-electron chi connectivity index (χ4n) is 4.34. The Kier molecular flexibility index (Phi) is 6.86. The summed E-state index contributed by atoms with van der Waals surface area (Å²) in [6.07, 6.45) is 0.292. The molecule has 0 radical (unpaired) electrons. The molecule has 2 unspecified atom stereocenters. The highest BCUT2D eigenvalue weighted by atomic mass is 19.1. The highest BCUT2D eigenvalue weighted by Crippen LogP contribution is 2.38. The highest BCUT2D eigenvalue weighted by Gasteiger charge is 2.30. The summed E-state index contributed by atoms with van der Waals surface area (Å²) in [4.78, 5) is 14.4. The van der Waals surface area contributed by atoms with Crippen molar-refractivity contribution in [2.75, 3.05) is 13.1 Å². The van der Waals surface area contributed by atoms with Crippen LogP contribution in [0.25, 0.3) is 0 Å². The van der Waals surface area contributed by atoms with Crippen molar-refractivity contribution in [2.45, 2.75) is 39.0 Å². The molecule has 0 aromatic heterocycles. The van der Waals surface area contributed by atoms with Gasteiger partial charge in [-0.1, -0.05) is 54.6 Å². The molecule has 0 bridgehead atoms. The third-order valence-corrected chi connectivity index (χ3v) is 5.93. The van der Waals surface area contributed by atoms with Gasteiger partial charge in [-0.25, -0.2) is 4.39 Å². The van der Waals surface area contributed by atoms with Crippen LogP contribution in [-0.4, -0.2) is 30.0 Å². The number of carbonyl (C=O) groups excluding carboxylic acids is 1. The molecule has 1 aliphatic heterocycles. The molecule has 3 aromatic rings. The summed E-state index contributed by atoms with van der Waals surface area (Å²) in [5, 5.41) is 2.79. The SMILES string of the molecule is CCNC(=O)C(C)Oc1ccc2c(c1)C(c1ccccc1)N(Cc1ccccc1F)CC2. The van der Waals surface area contributed by atoms with E-state index in [1.807, 2.05) is 49.4 Å². The summed E-state index contributed by atoms with van der Waals surface area (Å²) in [7, 11) is 0. The van der Waals surface area contributed by atoms with Gasteiger partial charge in [0.25, 0.3) is 5.91 Å². The Morgan fingerprint density at radius 3 is 2.62 bits per heavy atom. The molecule has 0 fully saturated rings. The van der Waals surface area contributed by atoms with Crippen molar-refractivity contribution in [2.24, 2.45) is 0 Å². The van der Waals surface area contributed by atoms with Crippen LogP contribution in [0.5, 0.6) is 5.75 Å². The van der Waals surface area contributed by atoms with Gasteiger partial charge in [-0.05, 0) is 55.2 Å². The smallest absolute Gasteiger partial charge is 0.260 e. The second kappa shape index (κ2) is 9.96. The largest absolute Gasteiger partial charge is 0.481 e. The lowest BCUT2D eigenvalue weighted by Gasteiger charge is -2.38. The number of hydrogen-bond donors (Lipinski definition) is 1. The Morgan fingerprint density at radius 1 is 1.12 bits per heavy atom. The lowest BCUT2D eigenvalue weighted by atomic mass is 9.87. The summed E-state index contributed by atoms with van der Waals surface area (Å²) in [6, 6.07) is 23.3. The van der Waals surface area contributed by atoms with Crippen molar-refractivity contribution >= 4 is 5.91 Å². The van der Waals surface area contributed by atoms with Crippen molar-refractivity contribution in [3.63, 3.8) is 0 Å². The quantitative estimate of drug-likeness (QED) is 0.579. The van der Waals surface area contributed by atoms with Crippen LogP contribution in [0.1, 0.15) is 42.1 Å². The van der Waals surface area contributed by atoms with Crippen molar-refractivity contribution < 1.29 is 13.9 Å². The fourth-order valence-corrected chi connectivity index (χ4v) is 4.34. The van der Waals surface area contributed by atoms with Crippen LogP contribution in [-0.2, 0) is 17.8 Å². The Labute approximate surface area is 189 Å². The van der Waals surface area contributed by atoms with E-state index < -0.39 is 6.10 Å². The van der Waals surface area contributed by atoms with E-state index in [4.69, 9.17) is 4.74 Å². The molecule has 5 heteroatoms. The minimum Gasteiger partial charge on any atom is -0.481 e. The maximum Gasteiger partial charge on any atom is 0.260 e. The number of halogens is 1. The molecular weight excluding hydrogens is 403 g/mol. The molecule has 1 heterocycles. The van der Waals surface area contributed by atoms with Crippen LogP contribution < -0.4 is 10.1 Å². The van der Waals surface area contributed by atoms with E-state index in [1.54, 1.807) is 13.0 Å². The Hall–Kier alpha value is -3.18. The Bertz CT molecular complexity index is 1070. The molecule has 1 N–H and O–H groups in total. The summed E-state index contributed by atoms with van der Waals surface area (Å²) >= 11 is 0. The Morgan fingerprint density at radius 2 is 1.88 bits per heavy atom. The highest BCUT2D eigenvalue weighted by molar-refractivity contribution is 5.80. The van der Waals surface area contributed by atoms with Gasteiger partial charge in [0.15, 0.2) is 6.10 Å². The zero-order valence-corrected chi connectivity index (χ0v) is 18.6. The first-order chi connectivity index (χ1) is 15.6. The average Bonchev–Trinajstić information content (AvgIpc) is 2.81.